The van der Waals surface area contributed by atoms with E-state index in [0.29, 0.717) is 6.42 Å². The minimum Gasteiger partial charge on any atom is -0.326 e. The van der Waals surface area contributed by atoms with Gasteiger partial charge in [0.05, 0.1) is 6.61 Å². The summed E-state index contributed by atoms with van der Waals surface area (Å²) < 4.78 is 37.3. The van der Waals surface area contributed by atoms with E-state index < -0.39 is 19.0 Å². The van der Waals surface area contributed by atoms with Crippen LogP contribution in [0.2, 0.25) is 0 Å². The van der Waals surface area contributed by atoms with Gasteiger partial charge >= 0.3 is 6.36 Å². The highest BCUT2D eigenvalue weighted by Gasteiger charge is 2.29. The molecule has 2 nitrogen and oxygen atoms in total. The van der Waals surface area contributed by atoms with Crippen molar-refractivity contribution in [2.45, 2.75) is 25.7 Å². The van der Waals surface area contributed by atoms with E-state index in [4.69, 9.17) is 5.73 Å². The van der Waals surface area contributed by atoms with Crippen LogP contribution >= 0.6 is 0 Å². The second-order valence-corrected chi connectivity index (χ2v) is 1.93. The molecule has 62 valence electrons. The van der Waals surface area contributed by atoms with Crippen molar-refractivity contribution in [3.63, 3.8) is 0 Å². The maximum Gasteiger partial charge on any atom is 0.522 e. The molecule has 2 N–H and O–H groups in total. The van der Waals surface area contributed by atoms with Gasteiger partial charge in [-0.2, -0.15) is 0 Å². The van der Waals surface area contributed by atoms with Crippen LogP contribution in [0.4, 0.5) is 13.2 Å². The standard InChI is InChI=1S/C5H10F3NO/c1-2-4(9)3-10-5(6,7)8/h4H,2-3,9H2,1H3/t4-/m0/s1. The molecule has 0 unspecified atom stereocenters. The van der Waals surface area contributed by atoms with E-state index in [9.17, 15) is 13.2 Å². The number of halogens is 3. The number of ether oxygens (including phenoxy) is 1. The highest BCUT2D eigenvalue weighted by Crippen LogP contribution is 2.16. The number of alkyl halides is 3. The van der Waals surface area contributed by atoms with Crippen LogP contribution in [-0.2, 0) is 4.74 Å². The summed E-state index contributed by atoms with van der Waals surface area (Å²) in [5, 5.41) is 0. The van der Waals surface area contributed by atoms with E-state index in [0.717, 1.165) is 0 Å². The average Bonchev–Trinajstić information content (AvgIpc) is 1.81. The van der Waals surface area contributed by atoms with Crippen LogP contribution in [0.1, 0.15) is 13.3 Å². The predicted octanol–water partition coefficient (Wildman–Crippen LogP) is 1.26. The van der Waals surface area contributed by atoms with E-state index in [1.54, 1.807) is 6.92 Å². The van der Waals surface area contributed by atoms with Crippen LogP contribution in [0.3, 0.4) is 0 Å². The maximum atomic E-state index is 11.3. The van der Waals surface area contributed by atoms with Gasteiger partial charge in [-0.05, 0) is 6.42 Å². The third kappa shape index (κ3) is 5.84. The zero-order chi connectivity index (χ0) is 8.20. The molecule has 0 aromatic carbocycles. The molecule has 0 aromatic rings. The molecule has 5 heteroatoms. The summed E-state index contributed by atoms with van der Waals surface area (Å²) >= 11 is 0. The normalized spacial score (nSPS) is 15.3. The molecule has 0 radical (unpaired) electrons. The largest absolute Gasteiger partial charge is 0.522 e. The van der Waals surface area contributed by atoms with E-state index in [1.807, 2.05) is 0 Å². The smallest absolute Gasteiger partial charge is 0.326 e. The molecule has 10 heavy (non-hydrogen) atoms. The Hall–Kier alpha value is -0.290. The molecule has 0 spiro atoms. The topological polar surface area (TPSA) is 35.2 Å². The molecule has 0 aliphatic heterocycles. The fraction of sp³-hybridized carbons (Fsp3) is 1.00. The third-order valence-corrected chi connectivity index (χ3v) is 0.985. The highest BCUT2D eigenvalue weighted by molar-refractivity contribution is 4.55. The maximum absolute atomic E-state index is 11.3. The summed E-state index contributed by atoms with van der Waals surface area (Å²) in [7, 11) is 0. The first-order valence-electron chi connectivity index (χ1n) is 2.92. The monoisotopic (exact) mass is 157 g/mol. The van der Waals surface area contributed by atoms with Crippen LogP contribution in [0.5, 0.6) is 0 Å². The fourth-order valence-corrected chi connectivity index (χ4v) is 0.319. The van der Waals surface area contributed by atoms with E-state index in [1.165, 1.54) is 0 Å². The van der Waals surface area contributed by atoms with Gasteiger partial charge in [-0.25, -0.2) is 0 Å². The lowest BCUT2D eigenvalue weighted by molar-refractivity contribution is -0.325. The Morgan fingerprint density at radius 2 is 2.00 bits per heavy atom. The quantitative estimate of drug-likeness (QED) is 0.669. The van der Waals surface area contributed by atoms with Crippen molar-refractivity contribution in [1.29, 1.82) is 0 Å². The molecule has 1 atom stereocenters. The lowest BCUT2D eigenvalue weighted by atomic mass is 10.3. The Morgan fingerprint density at radius 1 is 1.50 bits per heavy atom. The molecule has 0 amide bonds. The molecule has 0 rings (SSSR count). The summed E-state index contributed by atoms with van der Waals surface area (Å²) in [5.41, 5.74) is 5.16. The summed E-state index contributed by atoms with van der Waals surface area (Å²) in [4.78, 5) is 0. The van der Waals surface area contributed by atoms with Crippen LogP contribution < -0.4 is 5.73 Å². The average molecular weight is 157 g/mol. The molecule has 0 bridgehead atoms. The van der Waals surface area contributed by atoms with Crippen molar-refractivity contribution in [2.75, 3.05) is 6.61 Å². The van der Waals surface area contributed by atoms with Crippen LogP contribution in [0.15, 0.2) is 0 Å². The SMILES string of the molecule is CC[C@H](N)COC(F)(F)F. The first-order valence-corrected chi connectivity index (χ1v) is 2.92. The molecule has 0 saturated carbocycles. The van der Waals surface area contributed by atoms with E-state index >= 15 is 0 Å². The van der Waals surface area contributed by atoms with Gasteiger partial charge < -0.3 is 5.73 Å². The lowest BCUT2D eigenvalue weighted by Crippen LogP contribution is -2.29. The van der Waals surface area contributed by atoms with Crippen LogP contribution in [-0.4, -0.2) is 19.0 Å². The van der Waals surface area contributed by atoms with Crippen LogP contribution in [0.25, 0.3) is 0 Å². The van der Waals surface area contributed by atoms with Crippen molar-refractivity contribution in [1.82, 2.24) is 0 Å². The molecule has 0 fully saturated rings. The molecular weight excluding hydrogens is 147 g/mol. The van der Waals surface area contributed by atoms with Crippen molar-refractivity contribution >= 4 is 0 Å². The van der Waals surface area contributed by atoms with Gasteiger partial charge in [-0.15, -0.1) is 13.2 Å². The Bertz CT molecular complexity index is 93.4. The molecular formula is C5H10F3NO. The molecule has 0 saturated heterocycles. The molecule has 0 aliphatic rings. The second kappa shape index (κ2) is 3.78. The summed E-state index contributed by atoms with van der Waals surface area (Å²) in [6.07, 6.45) is -4.07. The van der Waals surface area contributed by atoms with E-state index in [-0.39, 0.29) is 0 Å². The van der Waals surface area contributed by atoms with Crippen LogP contribution in [0, 0.1) is 0 Å². The Labute approximate surface area is 57.1 Å². The summed E-state index contributed by atoms with van der Waals surface area (Å²) in [6.45, 7) is 1.24. The zero-order valence-electron chi connectivity index (χ0n) is 5.61. The van der Waals surface area contributed by atoms with Gasteiger partial charge in [0, 0.05) is 6.04 Å². The van der Waals surface area contributed by atoms with Gasteiger partial charge in [0.15, 0.2) is 0 Å². The van der Waals surface area contributed by atoms with Gasteiger partial charge in [-0.1, -0.05) is 6.92 Å². The third-order valence-electron chi connectivity index (χ3n) is 0.985. The first kappa shape index (κ1) is 9.71. The van der Waals surface area contributed by atoms with Crippen molar-refractivity contribution in [3.8, 4) is 0 Å². The van der Waals surface area contributed by atoms with Crippen molar-refractivity contribution in [2.24, 2.45) is 5.73 Å². The van der Waals surface area contributed by atoms with Gasteiger partial charge in [-0.3, -0.25) is 4.74 Å². The Kier molecular flexibility index (Phi) is 3.67. The Morgan fingerprint density at radius 3 is 2.30 bits per heavy atom. The number of hydrogen-bond donors (Lipinski definition) is 1. The molecule has 0 heterocycles. The summed E-state index contributed by atoms with van der Waals surface area (Å²) in [6, 6.07) is -0.526. The summed E-state index contributed by atoms with van der Waals surface area (Å²) in [5.74, 6) is 0. The van der Waals surface area contributed by atoms with Crippen molar-refractivity contribution < 1.29 is 17.9 Å². The van der Waals surface area contributed by atoms with Gasteiger partial charge in [0.1, 0.15) is 0 Å². The molecule has 0 aliphatic carbocycles. The minimum atomic E-state index is -4.55. The number of rotatable bonds is 3. The van der Waals surface area contributed by atoms with Crippen molar-refractivity contribution in [3.05, 3.63) is 0 Å². The van der Waals surface area contributed by atoms with Gasteiger partial charge in [0.25, 0.3) is 0 Å². The van der Waals surface area contributed by atoms with Gasteiger partial charge in [0.2, 0.25) is 0 Å². The lowest BCUT2D eigenvalue weighted by Gasteiger charge is -2.10. The number of hydrogen-bond acceptors (Lipinski definition) is 2. The fourth-order valence-electron chi connectivity index (χ4n) is 0.319. The van der Waals surface area contributed by atoms with E-state index in [2.05, 4.69) is 4.74 Å². The highest BCUT2D eigenvalue weighted by atomic mass is 19.4. The second-order valence-electron chi connectivity index (χ2n) is 1.93. The molecule has 0 aromatic heterocycles. The minimum absolute atomic E-state index is 0.458. The number of nitrogens with two attached hydrogens (primary N) is 1. The zero-order valence-corrected chi connectivity index (χ0v) is 5.61. The Balaban J connectivity index is 3.36. The first-order chi connectivity index (χ1) is 4.45. The predicted molar refractivity (Wildman–Crippen MR) is 30.3 cm³/mol.